The van der Waals surface area contributed by atoms with Gasteiger partial charge in [-0.1, -0.05) is 24.6 Å². The first-order chi connectivity index (χ1) is 13.9. The predicted molar refractivity (Wildman–Crippen MR) is 109 cm³/mol. The Kier molecular flexibility index (Phi) is 6.01. The molecular formula is C23H26O6. The van der Waals surface area contributed by atoms with Gasteiger partial charge < -0.3 is 24.8 Å². The molecule has 1 atom stereocenters. The van der Waals surface area contributed by atoms with Gasteiger partial charge in [-0.25, -0.2) is 0 Å². The van der Waals surface area contributed by atoms with Crippen molar-refractivity contribution in [1.82, 2.24) is 0 Å². The number of phenols is 3. The summed E-state index contributed by atoms with van der Waals surface area (Å²) < 4.78 is 11.5. The number of carbonyl (C=O) groups excluding carboxylic acids is 1. The molecule has 0 amide bonds. The van der Waals surface area contributed by atoms with Crippen molar-refractivity contribution in [2.45, 2.75) is 39.5 Å². The number of phenolic OH excluding ortho intramolecular Hbond substituents is 3. The smallest absolute Gasteiger partial charge is 0.181 e. The average molecular weight is 398 g/mol. The number of carbonyl (C=O) groups is 1. The van der Waals surface area contributed by atoms with E-state index in [1.807, 2.05) is 20.8 Å². The zero-order valence-corrected chi connectivity index (χ0v) is 16.9. The minimum absolute atomic E-state index is 0.0400. The molecule has 1 unspecified atom stereocenters. The van der Waals surface area contributed by atoms with Crippen LogP contribution in [0.25, 0.3) is 0 Å². The van der Waals surface area contributed by atoms with Crippen LogP contribution in [0.15, 0.2) is 35.9 Å². The van der Waals surface area contributed by atoms with Crippen molar-refractivity contribution in [3.63, 3.8) is 0 Å². The SMILES string of the molecule is CCC=C(C)Cc1c(O)ccc(C2COc3cc(O)cc(O)c3C2=O)c1OCC. The van der Waals surface area contributed by atoms with Gasteiger partial charge in [0.2, 0.25) is 0 Å². The van der Waals surface area contributed by atoms with E-state index in [0.29, 0.717) is 29.9 Å². The Morgan fingerprint density at radius 2 is 1.97 bits per heavy atom. The van der Waals surface area contributed by atoms with Gasteiger partial charge >= 0.3 is 0 Å². The Bertz CT molecular complexity index is 960. The van der Waals surface area contributed by atoms with Crippen molar-refractivity contribution in [2.75, 3.05) is 13.2 Å². The summed E-state index contributed by atoms with van der Waals surface area (Å²) in [7, 11) is 0. The van der Waals surface area contributed by atoms with E-state index in [-0.39, 0.29) is 41.0 Å². The van der Waals surface area contributed by atoms with E-state index in [1.165, 1.54) is 6.07 Å². The Labute approximate surface area is 170 Å². The minimum atomic E-state index is -0.700. The third kappa shape index (κ3) is 4.01. The summed E-state index contributed by atoms with van der Waals surface area (Å²) in [6.07, 6.45) is 3.46. The molecule has 2 aromatic rings. The molecule has 0 aliphatic carbocycles. The highest BCUT2D eigenvalue weighted by Crippen LogP contribution is 2.44. The van der Waals surface area contributed by atoms with E-state index in [1.54, 1.807) is 12.1 Å². The van der Waals surface area contributed by atoms with Gasteiger partial charge in [0.25, 0.3) is 0 Å². The molecule has 3 rings (SSSR count). The molecule has 1 heterocycles. The summed E-state index contributed by atoms with van der Waals surface area (Å²) in [6.45, 7) is 6.29. The van der Waals surface area contributed by atoms with Crippen molar-refractivity contribution in [3.05, 3.63) is 52.6 Å². The van der Waals surface area contributed by atoms with Crippen LogP contribution in [0.3, 0.4) is 0 Å². The second kappa shape index (κ2) is 8.47. The monoisotopic (exact) mass is 398 g/mol. The van der Waals surface area contributed by atoms with Gasteiger partial charge in [0.15, 0.2) is 5.78 Å². The number of Topliss-reactive ketones (excluding diaryl/α,β-unsaturated/α-hetero) is 1. The number of benzene rings is 2. The van der Waals surface area contributed by atoms with E-state index in [0.717, 1.165) is 18.1 Å². The summed E-state index contributed by atoms with van der Waals surface area (Å²) in [6, 6.07) is 5.66. The van der Waals surface area contributed by atoms with Crippen LogP contribution in [0, 0.1) is 0 Å². The van der Waals surface area contributed by atoms with Crippen LogP contribution >= 0.6 is 0 Å². The zero-order valence-electron chi connectivity index (χ0n) is 16.9. The van der Waals surface area contributed by atoms with E-state index in [9.17, 15) is 20.1 Å². The highest BCUT2D eigenvalue weighted by Gasteiger charge is 2.35. The molecule has 29 heavy (non-hydrogen) atoms. The average Bonchev–Trinajstić information content (AvgIpc) is 2.65. The van der Waals surface area contributed by atoms with Crippen LogP contribution in [0.5, 0.6) is 28.7 Å². The minimum Gasteiger partial charge on any atom is -0.508 e. The van der Waals surface area contributed by atoms with Crippen LogP contribution < -0.4 is 9.47 Å². The molecule has 6 heteroatoms. The maximum absolute atomic E-state index is 13.2. The van der Waals surface area contributed by atoms with Crippen molar-refractivity contribution >= 4 is 5.78 Å². The summed E-state index contributed by atoms with van der Waals surface area (Å²) in [5.41, 5.74) is 2.36. The lowest BCUT2D eigenvalue weighted by Gasteiger charge is -2.27. The molecule has 0 spiro atoms. The van der Waals surface area contributed by atoms with Crippen LogP contribution in [-0.2, 0) is 6.42 Å². The normalized spacial score (nSPS) is 16.3. The zero-order chi connectivity index (χ0) is 21.1. The number of hydrogen-bond acceptors (Lipinski definition) is 6. The van der Waals surface area contributed by atoms with Crippen molar-refractivity contribution < 1.29 is 29.6 Å². The Balaban J connectivity index is 2.08. The summed E-state index contributed by atoms with van der Waals surface area (Å²) in [4.78, 5) is 13.2. The molecular weight excluding hydrogens is 372 g/mol. The number of fused-ring (bicyclic) bond motifs is 1. The van der Waals surface area contributed by atoms with Gasteiger partial charge in [0.05, 0.1) is 12.5 Å². The standard InChI is InChI=1S/C23H26O6/c1-4-6-13(3)9-16-18(25)8-7-15(23(16)28-5-2)17-12-29-20-11-14(24)10-19(26)21(20)22(17)27/h6-8,10-11,17,24-26H,4-5,9,12H2,1-3H3. The predicted octanol–water partition coefficient (Wildman–Crippen LogP) is 4.46. The number of ether oxygens (including phenoxy) is 2. The Morgan fingerprint density at radius 3 is 2.66 bits per heavy atom. The summed E-state index contributed by atoms with van der Waals surface area (Å²) in [5.74, 6) is -0.779. The van der Waals surface area contributed by atoms with Crippen LogP contribution in [0.4, 0.5) is 0 Å². The molecule has 3 N–H and O–H groups in total. The second-order valence-electron chi connectivity index (χ2n) is 7.12. The van der Waals surface area contributed by atoms with E-state index in [2.05, 4.69) is 6.08 Å². The van der Waals surface area contributed by atoms with Gasteiger partial charge in [-0.2, -0.15) is 0 Å². The molecule has 6 nitrogen and oxygen atoms in total. The third-order valence-corrected chi connectivity index (χ3v) is 4.97. The molecule has 0 saturated heterocycles. The number of hydrogen-bond donors (Lipinski definition) is 3. The highest BCUT2D eigenvalue weighted by molar-refractivity contribution is 6.07. The first kappa shape index (κ1) is 20.6. The molecule has 2 aromatic carbocycles. The first-order valence-corrected chi connectivity index (χ1v) is 9.73. The van der Waals surface area contributed by atoms with Crippen LogP contribution in [-0.4, -0.2) is 34.3 Å². The Hall–Kier alpha value is -3.15. The maximum Gasteiger partial charge on any atom is 0.181 e. The van der Waals surface area contributed by atoms with E-state index >= 15 is 0 Å². The molecule has 0 saturated carbocycles. The molecule has 1 aliphatic heterocycles. The van der Waals surface area contributed by atoms with Gasteiger partial charge in [-0.3, -0.25) is 4.79 Å². The van der Waals surface area contributed by atoms with Gasteiger partial charge in [0.1, 0.15) is 40.9 Å². The lowest BCUT2D eigenvalue weighted by atomic mass is 9.86. The van der Waals surface area contributed by atoms with E-state index in [4.69, 9.17) is 9.47 Å². The fraction of sp³-hybridized carbons (Fsp3) is 0.348. The summed E-state index contributed by atoms with van der Waals surface area (Å²) in [5, 5.41) is 30.3. The van der Waals surface area contributed by atoms with Gasteiger partial charge in [-0.15, -0.1) is 0 Å². The second-order valence-corrected chi connectivity index (χ2v) is 7.12. The highest BCUT2D eigenvalue weighted by atomic mass is 16.5. The molecule has 0 bridgehead atoms. The van der Waals surface area contributed by atoms with Gasteiger partial charge in [0, 0.05) is 29.7 Å². The lowest BCUT2D eigenvalue weighted by Crippen LogP contribution is -2.27. The lowest BCUT2D eigenvalue weighted by molar-refractivity contribution is 0.0889. The topological polar surface area (TPSA) is 96.2 Å². The van der Waals surface area contributed by atoms with Crippen molar-refractivity contribution in [2.24, 2.45) is 0 Å². The number of allylic oxidation sites excluding steroid dienone is 2. The fourth-order valence-electron chi connectivity index (χ4n) is 3.70. The molecule has 0 aromatic heterocycles. The number of rotatable bonds is 6. The fourth-order valence-corrected chi connectivity index (χ4v) is 3.70. The molecule has 154 valence electrons. The molecule has 0 radical (unpaired) electrons. The van der Waals surface area contributed by atoms with Crippen molar-refractivity contribution in [1.29, 1.82) is 0 Å². The molecule has 0 fully saturated rings. The van der Waals surface area contributed by atoms with Crippen molar-refractivity contribution in [3.8, 4) is 28.7 Å². The molecule has 1 aliphatic rings. The third-order valence-electron chi connectivity index (χ3n) is 4.97. The van der Waals surface area contributed by atoms with E-state index < -0.39 is 5.92 Å². The Morgan fingerprint density at radius 1 is 1.21 bits per heavy atom. The first-order valence-electron chi connectivity index (χ1n) is 9.73. The van der Waals surface area contributed by atoms with Crippen LogP contribution in [0.1, 0.15) is 54.6 Å². The number of aromatic hydroxyl groups is 3. The van der Waals surface area contributed by atoms with Crippen LogP contribution in [0.2, 0.25) is 0 Å². The van der Waals surface area contributed by atoms with Gasteiger partial charge in [-0.05, 0) is 26.3 Å². The largest absolute Gasteiger partial charge is 0.508 e. The number of ketones is 1. The summed E-state index contributed by atoms with van der Waals surface area (Å²) >= 11 is 0. The quantitative estimate of drug-likeness (QED) is 0.622. The maximum atomic E-state index is 13.2.